The lowest BCUT2D eigenvalue weighted by atomic mass is 10.1. The summed E-state index contributed by atoms with van der Waals surface area (Å²) in [5, 5.41) is 10.0. The molecule has 0 aliphatic carbocycles. The molecule has 2 aromatic carbocycles. The van der Waals surface area contributed by atoms with Crippen molar-refractivity contribution < 1.29 is 18.3 Å². The van der Waals surface area contributed by atoms with Gasteiger partial charge in [-0.1, -0.05) is 30.3 Å². The molecule has 0 bridgehead atoms. The minimum Gasteiger partial charge on any atom is -0.491 e. The maximum Gasteiger partial charge on any atom is 0.231 e. The number of hydrogen-bond acceptors (Lipinski definition) is 4. The van der Waals surface area contributed by atoms with Gasteiger partial charge in [-0.3, -0.25) is 4.31 Å². The largest absolute Gasteiger partial charge is 0.491 e. The minimum atomic E-state index is -3.28. The second-order valence-electron chi connectivity index (χ2n) is 4.96. The summed E-state index contributed by atoms with van der Waals surface area (Å²) >= 11 is 0. The van der Waals surface area contributed by atoms with Gasteiger partial charge in [-0.15, -0.1) is 0 Å². The lowest BCUT2D eigenvalue weighted by Gasteiger charge is -2.17. The first-order valence-electron chi connectivity index (χ1n) is 6.77. The molecule has 22 heavy (non-hydrogen) atoms. The molecule has 0 radical (unpaired) electrons. The van der Waals surface area contributed by atoms with Gasteiger partial charge in [0, 0.05) is 7.05 Å². The molecule has 5 nitrogen and oxygen atoms in total. The number of benzene rings is 2. The van der Waals surface area contributed by atoms with E-state index in [1.54, 1.807) is 24.3 Å². The van der Waals surface area contributed by atoms with Crippen LogP contribution in [0.1, 0.15) is 11.7 Å². The van der Waals surface area contributed by atoms with Gasteiger partial charge in [0.15, 0.2) is 0 Å². The van der Waals surface area contributed by atoms with E-state index in [2.05, 4.69) is 0 Å². The highest BCUT2D eigenvalue weighted by molar-refractivity contribution is 7.92. The average Bonchev–Trinajstić information content (AvgIpc) is 2.52. The number of ether oxygens (including phenoxy) is 1. The van der Waals surface area contributed by atoms with Crippen LogP contribution < -0.4 is 9.04 Å². The standard InChI is InChI=1S/C16H19NO4S/c1-17(22(2,19)20)14-8-10-15(11-9-14)21-12-16(18)13-6-4-3-5-7-13/h3-11,16,18H,12H2,1-2H3. The second kappa shape index (κ2) is 6.81. The van der Waals surface area contributed by atoms with Crippen molar-refractivity contribution in [1.82, 2.24) is 0 Å². The van der Waals surface area contributed by atoms with Crippen LogP contribution in [0.25, 0.3) is 0 Å². The Kier molecular flexibility index (Phi) is 5.05. The summed E-state index contributed by atoms with van der Waals surface area (Å²) in [4.78, 5) is 0. The zero-order valence-electron chi connectivity index (χ0n) is 12.5. The fourth-order valence-corrected chi connectivity index (χ4v) is 2.40. The molecule has 0 saturated heterocycles. The van der Waals surface area contributed by atoms with E-state index in [0.717, 1.165) is 11.8 Å². The van der Waals surface area contributed by atoms with E-state index in [9.17, 15) is 13.5 Å². The molecule has 0 saturated carbocycles. The minimum absolute atomic E-state index is 0.130. The highest BCUT2D eigenvalue weighted by Crippen LogP contribution is 2.21. The molecule has 0 fully saturated rings. The second-order valence-corrected chi connectivity index (χ2v) is 6.98. The number of hydrogen-bond donors (Lipinski definition) is 1. The molecular weight excluding hydrogens is 302 g/mol. The lowest BCUT2D eigenvalue weighted by molar-refractivity contribution is 0.108. The molecule has 1 atom stereocenters. The molecule has 0 spiro atoms. The summed E-state index contributed by atoms with van der Waals surface area (Å²) in [5.41, 5.74) is 1.34. The van der Waals surface area contributed by atoms with Crippen LogP contribution in [0.15, 0.2) is 54.6 Å². The van der Waals surface area contributed by atoms with Crippen LogP contribution in [0.5, 0.6) is 5.75 Å². The van der Waals surface area contributed by atoms with Crippen molar-refractivity contribution in [3.8, 4) is 5.75 Å². The van der Waals surface area contributed by atoms with E-state index >= 15 is 0 Å². The summed E-state index contributed by atoms with van der Waals surface area (Å²) in [6.45, 7) is 0.130. The molecule has 2 rings (SSSR count). The molecule has 0 amide bonds. The molecular formula is C16H19NO4S. The van der Waals surface area contributed by atoms with Gasteiger partial charge in [0.05, 0.1) is 11.9 Å². The summed E-state index contributed by atoms with van der Waals surface area (Å²) in [6, 6.07) is 15.9. The van der Waals surface area contributed by atoms with Crippen molar-refractivity contribution in [2.75, 3.05) is 24.2 Å². The molecule has 118 valence electrons. The first kappa shape index (κ1) is 16.3. The van der Waals surface area contributed by atoms with Crippen LogP contribution in [0, 0.1) is 0 Å². The van der Waals surface area contributed by atoms with Crippen molar-refractivity contribution in [2.24, 2.45) is 0 Å². The van der Waals surface area contributed by atoms with E-state index in [4.69, 9.17) is 4.74 Å². The van der Waals surface area contributed by atoms with E-state index in [0.29, 0.717) is 11.4 Å². The van der Waals surface area contributed by atoms with Gasteiger partial charge in [-0.05, 0) is 29.8 Å². The van der Waals surface area contributed by atoms with Gasteiger partial charge < -0.3 is 9.84 Å². The van der Waals surface area contributed by atoms with Gasteiger partial charge in [0.2, 0.25) is 10.0 Å². The van der Waals surface area contributed by atoms with Gasteiger partial charge in [0.1, 0.15) is 18.5 Å². The zero-order chi connectivity index (χ0) is 16.2. The average molecular weight is 321 g/mol. The van der Waals surface area contributed by atoms with Crippen LogP contribution in [0.3, 0.4) is 0 Å². The van der Waals surface area contributed by atoms with Crippen LogP contribution in [0.2, 0.25) is 0 Å². The monoisotopic (exact) mass is 321 g/mol. The highest BCUT2D eigenvalue weighted by atomic mass is 32.2. The van der Waals surface area contributed by atoms with E-state index in [1.807, 2.05) is 30.3 Å². The van der Waals surface area contributed by atoms with Gasteiger partial charge in [-0.2, -0.15) is 0 Å². The summed E-state index contributed by atoms with van der Waals surface area (Å²) in [5.74, 6) is 0.570. The maximum atomic E-state index is 11.5. The molecule has 1 N–H and O–H groups in total. The number of rotatable bonds is 6. The van der Waals surface area contributed by atoms with Gasteiger partial charge in [-0.25, -0.2) is 8.42 Å². The van der Waals surface area contributed by atoms with Crippen molar-refractivity contribution in [1.29, 1.82) is 0 Å². The van der Waals surface area contributed by atoms with Crippen molar-refractivity contribution >= 4 is 15.7 Å². The third-order valence-corrected chi connectivity index (χ3v) is 4.50. The fraction of sp³-hybridized carbons (Fsp3) is 0.250. The molecule has 1 unspecified atom stereocenters. The zero-order valence-corrected chi connectivity index (χ0v) is 13.3. The van der Waals surface area contributed by atoms with E-state index < -0.39 is 16.1 Å². The number of nitrogens with zero attached hydrogens (tertiary/aromatic N) is 1. The van der Waals surface area contributed by atoms with Gasteiger partial charge >= 0.3 is 0 Å². The van der Waals surface area contributed by atoms with Gasteiger partial charge in [0.25, 0.3) is 0 Å². The van der Waals surface area contributed by atoms with E-state index in [-0.39, 0.29) is 6.61 Å². The fourth-order valence-electron chi connectivity index (χ4n) is 1.89. The topological polar surface area (TPSA) is 66.8 Å². The Morgan fingerprint density at radius 1 is 1.09 bits per heavy atom. The Labute approximate surface area is 130 Å². The number of aliphatic hydroxyl groups excluding tert-OH is 1. The normalized spacial score (nSPS) is 12.7. The number of aliphatic hydroxyl groups is 1. The quantitative estimate of drug-likeness (QED) is 0.886. The predicted octanol–water partition coefficient (Wildman–Crippen LogP) is 2.19. The summed E-state index contributed by atoms with van der Waals surface area (Å²) in [7, 11) is -1.79. The predicted molar refractivity (Wildman–Crippen MR) is 86.6 cm³/mol. The van der Waals surface area contributed by atoms with Crippen LogP contribution in [0.4, 0.5) is 5.69 Å². The SMILES string of the molecule is CN(c1ccc(OCC(O)c2ccccc2)cc1)S(C)(=O)=O. The number of sulfonamides is 1. The molecule has 0 aliphatic heterocycles. The third-order valence-electron chi connectivity index (χ3n) is 3.29. The smallest absolute Gasteiger partial charge is 0.231 e. The Bertz CT molecular complexity index is 699. The third kappa shape index (κ3) is 4.22. The maximum absolute atomic E-state index is 11.5. The van der Waals surface area contributed by atoms with E-state index in [1.165, 1.54) is 11.4 Å². The van der Waals surface area contributed by atoms with Crippen molar-refractivity contribution in [3.05, 3.63) is 60.2 Å². The molecule has 2 aromatic rings. The van der Waals surface area contributed by atoms with Crippen LogP contribution >= 0.6 is 0 Å². The van der Waals surface area contributed by atoms with Crippen LogP contribution in [-0.2, 0) is 10.0 Å². The highest BCUT2D eigenvalue weighted by Gasteiger charge is 2.12. The Morgan fingerprint density at radius 2 is 1.68 bits per heavy atom. The molecule has 0 aliphatic rings. The van der Waals surface area contributed by atoms with Crippen molar-refractivity contribution in [3.63, 3.8) is 0 Å². The first-order valence-corrected chi connectivity index (χ1v) is 8.62. The number of anilines is 1. The lowest BCUT2D eigenvalue weighted by Crippen LogP contribution is -2.24. The summed E-state index contributed by atoms with van der Waals surface area (Å²) in [6.07, 6.45) is 0.438. The molecule has 6 heteroatoms. The Hall–Kier alpha value is -2.05. The summed E-state index contributed by atoms with van der Waals surface area (Å²) < 4.78 is 29.6. The molecule has 0 heterocycles. The van der Waals surface area contributed by atoms with Crippen molar-refractivity contribution in [2.45, 2.75) is 6.10 Å². The van der Waals surface area contributed by atoms with Crippen LogP contribution in [-0.4, -0.2) is 33.4 Å². The molecule has 0 aromatic heterocycles. The Balaban J connectivity index is 1.97. The Morgan fingerprint density at radius 3 is 2.23 bits per heavy atom. The first-order chi connectivity index (χ1) is 10.4.